The molecule has 2 N–H and O–H groups in total. The molecule has 0 amide bonds. The van der Waals surface area contributed by atoms with Crippen LogP contribution in [0.1, 0.15) is 11.1 Å². The zero-order chi connectivity index (χ0) is 15.0. The van der Waals surface area contributed by atoms with Gasteiger partial charge in [-0.3, -0.25) is 0 Å². The van der Waals surface area contributed by atoms with Gasteiger partial charge in [0.05, 0.1) is 6.54 Å². The van der Waals surface area contributed by atoms with Crippen molar-refractivity contribution >= 4 is 39.7 Å². The molecule has 1 heterocycles. The summed E-state index contributed by atoms with van der Waals surface area (Å²) in [6.07, 6.45) is 1.90. The SMILES string of the molecule is NC(=S)c1cccc2c1ccn2Cc1ccc(Cl)cc1F. The van der Waals surface area contributed by atoms with Crippen molar-refractivity contribution < 1.29 is 4.39 Å². The predicted octanol–water partition coefficient (Wildman–Crippen LogP) is 4.12. The van der Waals surface area contributed by atoms with Crippen molar-refractivity contribution in [2.75, 3.05) is 0 Å². The Morgan fingerprint density at radius 2 is 2.05 bits per heavy atom. The average molecular weight is 319 g/mol. The lowest BCUT2D eigenvalue weighted by atomic mass is 10.1. The Balaban J connectivity index is 2.06. The van der Waals surface area contributed by atoms with Gasteiger partial charge in [0.25, 0.3) is 0 Å². The molecular formula is C16H12ClFN2S. The van der Waals surface area contributed by atoms with Crippen molar-refractivity contribution in [1.82, 2.24) is 4.57 Å². The molecule has 2 aromatic carbocycles. The monoisotopic (exact) mass is 318 g/mol. The van der Waals surface area contributed by atoms with Crippen molar-refractivity contribution in [3.8, 4) is 0 Å². The normalized spacial score (nSPS) is 11.0. The van der Waals surface area contributed by atoms with Crippen LogP contribution in [0.15, 0.2) is 48.7 Å². The number of fused-ring (bicyclic) bond motifs is 1. The van der Waals surface area contributed by atoms with Gasteiger partial charge in [0.2, 0.25) is 0 Å². The third-order valence-electron chi connectivity index (χ3n) is 3.43. The summed E-state index contributed by atoms with van der Waals surface area (Å²) in [5.41, 5.74) is 8.11. The van der Waals surface area contributed by atoms with Crippen LogP contribution >= 0.6 is 23.8 Å². The molecule has 0 spiro atoms. The third kappa shape index (κ3) is 2.64. The lowest BCUT2D eigenvalue weighted by molar-refractivity contribution is 0.602. The molecule has 0 radical (unpaired) electrons. The summed E-state index contributed by atoms with van der Waals surface area (Å²) in [5.74, 6) is -0.310. The number of rotatable bonds is 3. The fourth-order valence-corrected chi connectivity index (χ4v) is 2.75. The van der Waals surface area contributed by atoms with E-state index in [9.17, 15) is 4.39 Å². The largest absolute Gasteiger partial charge is 0.389 e. The van der Waals surface area contributed by atoms with E-state index in [2.05, 4.69) is 0 Å². The molecule has 0 atom stereocenters. The molecule has 0 aliphatic carbocycles. The van der Waals surface area contributed by atoms with Crippen LogP contribution in [0.3, 0.4) is 0 Å². The molecule has 0 bridgehead atoms. The Morgan fingerprint density at radius 3 is 2.76 bits per heavy atom. The van der Waals surface area contributed by atoms with Gasteiger partial charge in [-0.25, -0.2) is 4.39 Å². The summed E-state index contributed by atoms with van der Waals surface area (Å²) >= 11 is 10.8. The van der Waals surface area contributed by atoms with Gasteiger partial charge in [-0.05, 0) is 24.3 Å². The number of nitrogens with zero attached hydrogens (tertiary/aromatic N) is 1. The Morgan fingerprint density at radius 1 is 1.24 bits per heavy atom. The molecule has 106 valence electrons. The molecule has 0 fully saturated rings. The molecule has 0 saturated carbocycles. The average Bonchev–Trinajstić information content (AvgIpc) is 2.85. The van der Waals surface area contributed by atoms with Crippen LogP contribution in [-0.2, 0) is 6.54 Å². The summed E-state index contributed by atoms with van der Waals surface area (Å²) in [5, 5.41) is 1.36. The van der Waals surface area contributed by atoms with Crippen molar-refractivity contribution in [3.63, 3.8) is 0 Å². The number of halogens is 2. The topological polar surface area (TPSA) is 30.9 Å². The zero-order valence-electron chi connectivity index (χ0n) is 11.0. The van der Waals surface area contributed by atoms with Gasteiger partial charge in [0.1, 0.15) is 10.8 Å². The van der Waals surface area contributed by atoms with Gasteiger partial charge in [0.15, 0.2) is 0 Å². The third-order valence-corrected chi connectivity index (χ3v) is 3.89. The summed E-state index contributed by atoms with van der Waals surface area (Å²) < 4.78 is 15.9. The fourth-order valence-electron chi connectivity index (χ4n) is 2.41. The maximum absolute atomic E-state index is 13.9. The summed E-state index contributed by atoms with van der Waals surface area (Å²) in [4.78, 5) is 0.357. The van der Waals surface area contributed by atoms with Crippen LogP contribution < -0.4 is 5.73 Å². The molecule has 21 heavy (non-hydrogen) atoms. The van der Waals surface area contributed by atoms with E-state index < -0.39 is 0 Å². The van der Waals surface area contributed by atoms with E-state index in [1.54, 1.807) is 12.1 Å². The predicted molar refractivity (Wildman–Crippen MR) is 88.3 cm³/mol. The van der Waals surface area contributed by atoms with E-state index >= 15 is 0 Å². The maximum atomic E-state index is 13.9. The van der Waals surface area contributed by atoms with Crippen molar-refractivity contribution in [1.29, 1.82) is 0 Å². The van der Waals surface area contributed by atoms with E-state index in [1.165, 1.54) is 6.07 Å². The minimum Gasteiger partial charge on any atom is -0.389 e. The molecule has 0 aliphatic rings. The standard InChI is InChI=1S/C16H12ClFN2S/c17-11-5-4-10(14(18)8-11)9-20-7-6-12-13(16(19)21)2-1-3-15(12)20/h1-8H,9H2,(H2,19,21). The highest BCUT2D eigenvalue weighted by Gasteiger charge is 2.09. The van der Waals surface area contributed by atoms with Crippen LogP contribution in [0.25, 0.3) is 10.9 Å². The van der Waals surface area contributed by atoms with Gasteiger partial charge in [-0.1, -0.05) is 42.0 Å². The summed E-state index contributed by atoms with van der Waals surface area (Å²) in [7, 11) is 0. The van der Waals surface area contributed by atoms with Crippen molar-refractivity contribution in [2.24, 2.45) is 5.73 Å². The number of benzene rings is 2. The van der Waals surface area contributed by atoms with Gasteiger partial charge in [-0.2, -0.15) is 0 Å². The quantitative estimate of drug-likeness (QED) is 0.737. The summed E-state index contributed by atoms with van der Waals surface area (Å²) in [6.45, 7) is 0.424. The zero-order valence-corrected chi connectivity index (χ0v) is 12.6. The number of thiocarbonyl (C=S) groups is 1. The van der Waals surface area contributed by atoms with Crippen LogP contribution in [0, 0.1) is 5.82 Å². The van der Waals surface area contributed by atoms with E-state index in [0.717, 1.165) is 16.5 Å². The highest BCUT2D eigenvalue weighted by Crippen LogP contribution is 2.23. The van der Waals surface area contributed by atoms with Crippen LogP contribution in [0.2, 0.25) is 5.02 Å². The number of nitrogens with two attached hydrogens (primary N) is 1. The Kier molecular flexibility index (Phi) is 3.66. The van der Waals surface area contributed by atoms with E-state index in [4.69, 9.17) is 29.6 Å². The highest BCUT2D eigenvalue weighted by molar-refractivity contribution is 7.80. The molecule has 2 nitrogen and oxygen atoms in total. The first-order valence-corrected chi connectivity index (χ1v) is 7.16. The minimum atomic E-state index is -0.310. The van der Waals surface area contributed by atoms with Gasteiger partial charge in [0, 0.05) is 33.2 Å². The Labute approximate surface area is 131 Å². The van der Waals surface area contributed by atoms with Gasteiger partial charge >= 0.3 is 0 Å². The highest BCUT2D eigenvalue weighted by atomic mass is 35.5. The lowest BCUT2D eigenvalue weighted by Gasteiger charge is -2.08. The van der Waals surface area contributed by atoms with Crippen LogP contribution in [0.4, 0.5) is 4.39 Å². The van der Waals surface area contributed by atoms with E-state index in [1.807, 2.05) is 35.0 Å². The van der Waals surface area contributed by atoms with Crippen LogP contribution in [0.5, 0.6) is 0 Å². The van der Waals surface area contributed by atoms with E-state index in [0.29, 0.717) is 22.1 Å². The molecule has 1 aromatic heterocycles. The molecule has 5 heteroatoms. The molecule has 3 aromatic rings. The van der Waals surface area contributed by atoms with Gasteiger partial charge < -0.3 is 10.3 Å². The smallest absolute Gasteiger partial charge is 0.129 e. The summed E-state index contributed by atoms with van der Waals surface area (Å²) in [6, 6.07) is 12.4. The van der Waals surface area contributed by atoms with Crippen molar-refractivity contribution in [2.45, 2.75) is 6.54 Å². The number of hydrogen-bond acceptors (Lipinski definition) is 1. The Hall–Kier alpha value is -1.91. The lowest BCUT2D eigenvalue weighted by Crippen LogP contribution is -2.09. The van der Waals surface area contributed by atoms with E-state index in [-0.39, 0.29) is 5.82 Å². The molecular weight excluding hydrogens is 307 g/mol. The second kappa shape index (κ2) is 5.47. The second-order valence-electron chi connectivity index (χ2n) is 4.78. The molecule has 0 unspecified atom stereocenters. The van der Waals surface area contributed by atoms with Crippen molar-refractivity contribution in [3.05, 3.63) is 70.6 Å². The molecule has 0 aliphatic heterocycles. The van der Waals surface area contributed by atoms with Crippen LogP contribution in [-0.4, -0.2) is 9.56 Å². The maximum Gasteiger partial charge on any atom is 0.129 e. The number of aromatic nitrogens is 1. The van der Waals surface area contributed by atoms with Gasteiger partial charge in [-0.15, -0.1) is 0 Å². The first-order chi connectivity index (χ1) is 10.1. The minimum absolute atomic E-state index is 0.310. The Bertz CT molecular complexity index is 841. The molecule has 0 saturated heterocycles. The fraction of sp³-hybridized carbons (Fsp3) is 0.0625. The number of hydrogen-bond donors (Lipinski definition) is 1. The first-order valence-electron chi connectivity index (χ1n) is 6.38. The second-order valence-corrected chi connectivity index (χ2v) is 5.66. The molecule has 3 rings (SSSR count). The first kappa shape index (κ1) is 14.0.